The molecule has 1 heterocycles. The number of rotatable bonds is 6. The minimum atomic E-state index is -0.0208. The Hall–Kier alpha value is -1.84. The van der Waals surface area contributed by atoms with E-state index in [0.717, 1.165) is 31.6 Å². The summed E-state index contributed by atoms with van der Waals surface area (Å²) in [6.07, 6.45) is 3.51. The van der Waals surface area contributed by atoms with Crippen LogP contribution in [0.5, 0.6) is 5.75 Å². The molecule has 1 aliphatic heterocycles. The van der Waals surface area contributed by atoms with Crippen molar-refractivity contribution in [1.82, 2.24) is 0 Å². The molecule has 3 nitrogen and oxygen atoms in total. The van der Waals surface area contributed by atoms with Gasteiger partial charge >= 0.3 is 0 Å². The van der Waals surface area contributed by atoms with Crippen LogP contribution in [-0.2, 0) is 4.74 Å². The number of carbonyl (C=O) groups is 1. The van der Waals surface area contributed by atoms with Crippen molar-refractivity contribution >= 4 is 17.4 Å². The lowest BCUT2D eigenvalue weighted by molar-refractivity contribution is 0.0903. The average molecular weight is 331 g/mol. The summed E-state index contributed by atoms with van der Waals surface area (Å²) in [5, 5.41) is 0.622. The Morgan fingerprint density at radius 1 is 1.09 bits per heavy atom. The Bertz CT molecular complexity index is 643. The first kappa shape index (κ1) is 16.0. The molecule has 2 aromatic carbocycles. The second kappa shape index (κ2) is 7.62. The summed E-state index contributed by atoms with van der Waals surface area (Å²) in [6.45, 7) is 1.50. The van der Waals surface area contributed by atoms with E-state index in [1.54, 1.807) is 36.4 Å². The molecule has 0 N–H and O–H groups in total. The van der Waals surface area contributed by atoms with Crippen LogP contribution in [-0.4, -0.2) is 25.1 Å². The van der Waals surface area contributed by atoms with Crippen LogP contribution < -0.4 is 4.74 Å². The number of benzene rings is 2. The van der Waals surface area contributed by atoms with Gasteiger partial charge in [-0.05, 0) is 61.4 Å². The predicted octanol–water partition coefficient (Wildman–Crippen LogP) is 4.52. The van der Waals surface area contributed by atoms with Crippen LogP contribution in [0.4, 0.5) is 0 Å². The largest absolute Gasteiger partial charge is 0.493 e. The van der Waals surface area contributed by atoms with Crippen molar-refractivity contribution in [2.24, 2.45) is 0 Å². The normalized spacial score (nSPS) is 17.2. The third-order valence-corrected chi connectivity index (χ3v) is 4.21. The topological polar surface area (TPSA) is 35.5 Å². The maximum absolute atomic E-state index is 12.4. The molecule has 2 aromatic rings. The maximum atomic E-state index is 12.4. The summed E-state index contributed by atoms with van der Waals surface area (Å²) in [5.41, 5.74) is 1.26. The summed E-state index contributed by atoms with van der Waals surface area (Å²) in [4.78, 5) is 12.4. The highest BCUT2D eigenvalue weighted by atomic mass is 35.5. The van der Waals surface area contributed by atoms with E-state index in [2.05, 4.69) is 0 Å². The first-order valence-electron chi connectivity index (χ1n) is 7.87. The van der Waals surface area contributed by atoms with E-state index in [9.17, 15) is 4.79 Å². The minimum Gasteiger partial charge on any atom is -0.493 e. The summed E-state index contributed by atoms with van der Waals surface area (Å²) >= 11 is 5.84. The van der Waals surface area contributed by atoms with Gasteiger partial charge in [0, 0.05) is 29.2 Å². The molecule has 4 heteroatoms. The number of carbonyl (C=O) groups excluding carboxylic acids is 1. The lowest BCUT2D eigenvalue weighted by Gasteiger charge is -2.11. The molecular weight excluding hydrogens is 312 g/mol. The Kier molecular flexibility index (Phi) is 5.31. The maximum Gasteiger partial charge on any atom is 0.193 e. The molecule has 0 radical (unpaired) electrons. The van der Waals surface area contributed by atoms with Gasteiger partial charge in [-0.15, -0.1) is 0 Å². The van der Waals surface area contributed by atoms with Gasteiger partial charge in [-0.2, -0.15) is 0 Å². The van der Waals surface area contributed by atoms with Gasteiger partial charge in [0.25, 0.3) is 0 Å². The van der Waals surface area contributed by atoms with Crippen LogP contribution in [0.15, 0.2) is 48.5 Å². The lowest BCUT2D eigenvalue weighted by atomic mass is 10.0. The highest BCUT2D eigenvalue weighted by Crippen LogP contribution is 2.19. The monoisotopic (exact) mass is 330 g/mol. The van der Waals surface area contributed by atoms with Crippen LogP contribution in [0.25, 0.3) is 0 Å². The number of hydrogen-bond donors (Lipinski definition) is 0. The van der Waals surface area contributed by atoms with Gasteiger partial charge in [-0.1, -0.05) is 11.6 Å². The van der Waals surface area contributed by atoms with E-state index in [-0.39, 0.29) is 5.78 Å². The average Bonchev–Trinajstić information content (AvgIpc) is 3.09. The number of halogens is 1. The molecule has 1 unspecified atom stereocenters. The van der Waals surface area contributed by atoms with Crippen molar-refractivity contribution in [3.8, 4) is 5.75 Å². The fourth-order valence-electron chi connectivity index (χ4n) is 2.65. The van der Waals surface area contributed by atoms with Gasteiger partial charge in [0.2, 0.25) is 0 Å². The van der Waals surface area contributed by atoms with Crippen molar-refractivity contribution < 1.29 is 14.3 Å². The molecule has 1 fully saturated rings. The second-order valence-electron chi connectivity index (χ2n) is 5.63. The second-order valence-corrected chi connectivity index (χ2v) is 6.07. The third-order valence-electron chi connectivity index (χ3n) is 3.96. The van der Waals surface area contributed by atoms with E-state index < -0.39 is 0 Å². The molecule has 1 saturated heterocycles. The lowest BCUT2D eigenvalue weighted by Crippen LogP contribution is -2.10. The van der Waals surface area contributed by atoms with Crippen LogP contribution in [0.2, 0.25) is 5.02 Å². The smallest absolute Gasteiger partial charge is 0.193 e. The molecule has 0 amide bonds. The molecule has 0 aliphatic carbocycles. The SMILES string of the molecule is O=C(c1ccc(Cl)cc1)c1ccc(OCCC2CCCO2)cc1. The molecule has 120 valence electrons. The quantitative estimate of drug-likeness (QED) is 0.730. The van der Waals surface area contributed by atoms with Gasteiger partial charge in [-0.3, -0.25) is 4.79 Å². The van der Waals surface area contributed by atoms with E-state index in [4.69, 9.17) is 21.1 Å². The number of hydrogen-bond acceptors (Lipinski definition) is 3. The van der Waals surface area contributed by atoms with Gasteiger partial charge in [0.05, 0.1) is 12.7 Å². The van der Waals surface area contributed by atoms with Gasteiger partial charge < -0.3 is 9.47 Å². The summed E-state index contributed by atoms with van der Waals surface area (Å²) in [7, 11) is 0. The summed E-state index contributed by atoms with van der Waals surface area (Å²) in [6, 6.07) is 14.1. The third kappa shape index (κ3) is 4.34. The minimum absolute atomic E-state index is 0.0208. The Labute approximate surface area is 141 Å². The zero-order valence-electron chi connectivity index (χ0n) is 12.8. The Morgan fingerprint density at radius 3 is 2.35 bits per heavy atom. The molecule has 0 aromatic heterocycles. The van der Waals surface area contributed by atoms with Crippen LogP contribution in [0.1, 0.15) is 35.2 Å². The number of ketones is 1. The van der Waals surface area contributed by atoms with Crippen LogP contribution in [0, 0.1) is 0 Å². The van der Waals surface area contributed by atoms with E-state index >= 15 is 0 Å². The first-order chi connectivity index (χ1) is 11.2. The predicted molar refractivity (Wildman–Crippen MR) is 90.4 cm³/mol. The molecule has 3 rings (SSSR count). The van der Waals surface area contributed by atoms with Gasteiger partial charge in [0.15, 0.2) is 5.78 Å². The van der Waals surface area contributed by atoms with Crippen molar-refractivity contribution in [1.29, 1.82) is 0 Å². The molecule has 0 saturated carbocycles. The van der Waals surface area contributed by atoms with Gasteiger partial charge in [0.1, 0.15) is 5.75 Å². The van der Waals surface area contributed by atoms with E-state index in [1.165, 1.54) is 0 Å². The molecule has 1 atom stereocenters. The van der Waals surface area contributed by atoms with Crippen molar-refractivity contribution in [2.45, 2.75) is 25.4 Å². The molecule has 0 spiro atoms. The molecule has 1 aliphatic rings. The fourth-order valence-corrected chi connectivity index (χ4v) is 2.78. The highest BCUT2D eigenvalue weighted by molar-refractivity contribution is 6.30. The summed E-state index contributed by atoms with van der Waals surface area (Å²) < 4.78 is 11.3. The fraction of sp³-hybridized carbons (Fsp3) is 0.316. The highest BCUT2D eigenvalue weighted by Gasteiger charge is 2.15. The zero-order valence-corrected chi connectivity index (χ0v) is 13.6. The Morgan fingerprint density at radius 2 is 1.74 bits per heavy atom. The van der Waals surface area contributed by atoms with Crippen molar-refractivity contribution in [3.05, 3.63) is 64.7 Å². The first-order valence-corrected chi connectivity index (χ1v) is 8.25. The van der Waals surface area contributed by atoms with Crippen LogP contribution >= 0.6 is 11.6 Å². The van der Waals surface area contributed by atoms with Crippen molar-refractivity contribution in [3.63, 3.8) is 0 Å². The van der Waals surface area contributed by atoms with E-state index in [1.807, 2.05) is 12.1 Å². The number of ether oxygens (including phenoxy) is 2. The van der Waals surface area contributed by atoms with Crippen LogP contribution in [0.3, 0.4) is 0 Å². The Balaban J connectivity index is 1.55. The molecule has 0 bridgehead atoms. The zero-order chi connectivity index (χ0) is 16.1. The van der Waals surface area contributed by atoms with Crippen molar-refractivity contribution in [2.75, 3.05) is 13.2 Å². The standard InChI is InChI=1S/C19H19ClO3/c20-16-7-3-14(4-8-16)19(21)15-5-9-18(10-6-15)23-13-11-17-2-1-12-22-17/h3-10,17H,1-2,11-13H2. The van der Waals surface area contributed by atoms with E-state index in [0.29, 0.717) is 28.9 Å². The molecular formula is C19H19ClO3. The summed E-state index contributed by atoms with van der Waals surface area (Å²) in [5.74, 6) is 0.753. The molecule has 23 heavy (non-hydrogen) atoms. The van der Waals surface area contributed by atoms with Gasteiger partial charge in [-0.25, -0.2) is 0 Å².